The largest absolute Gasteiger partial charge is 0.469 e. The lowest BCUT2D eigenvalue weighted by Gasteiger charge is -2.20. The van der Waals surface area contributed by atoms with E-state index in [2.05, 4.69) is 25.7 Å². The number of benzene rings is 1. The van der Waals surface area contributed by atoms with Crippen LogP contribution in [-0.4, -0.2) is 21.2 Å². The molecular formula is C14H22O2Si. The molecule has 1 atom stereocenters. The monoisotopic (exact) mass is 250 g/mol. The molecule has 17 heavy (non-hydrogen) atoms. The number of esters is 1. The van der Waals surface area contributed by atoms with Gasteiger partial charge < -0.3 is 4.74 Å². The molecule has 0 N–H and O–H groups in total. The number of hydrogen-bond acceptors (Lipinski definition) is 2. The van der Waals surface area contributed by atoms with Crippen LogP contribution in [0.4, 0.5) is 0 Å². The Balaban J connectivity index is 3.03. The van der Waals surface area contributed by atoms with Crippen LogP contribution in [0.25, 0.3) is 0 Å². The van der Waals surface area contributed by atoms with Crippen LogP contribution >= 0.6 is 0 Å². The molecule has 0 aliphatic rings. The van der Waals surface area contributed by atoms with Gasteiger partial charge in [0.15, 0.2) is 0 Å². The molecule has 1 rings (SSSR count). The smallest absolute Gasteiger partial charge is 0.312 e. The Hall–Kier alpha value is -1.09. The topological polar surface area (TPSA) is 26.3 Å². The predicted molar refractivity (Wildman–Crippen MR) is 73.9 cm³/mol. The third kappa shape index (κ3) is 4.00. The lowest BCUT2D eigenvalue weighted by Crippen LogP contribution is -2.25. The maximum absolute atomic E-state index is 11.6. The maximum atomic E-state index is 11.6. The van der Waals surface area contributed by atoms with Gasteiger partial charge in [-0.1, -0.05) is 43.9 Å². The maximum Gasteiger partial charge on any atom is 0.312 e. The van der Waals surface area contributed by atoms with Crippen LogP contribution < -0.4 is 0 Å². The molecule has 0 heterocycles. The summed E-state index contributed by atoms with van der Waals surface area (Å²) >= 11 is 0. The summed E-state index contributed by atoms with van der Waals surface area (Å²) in [5.74, 6) is -0.333. The van der Waals surface area contributed by atoms with Crippen molar-refractivity contribution in [1.82, 2.24) is 0 Å². The highest BCUT2D eigenvalue weighted by Gasteiger charge is 2.22. The van der Waals surface area contributed by atoms with Gasteiger partial charge in [0.25, 0.3) is 0 Å². The summed E-state index contributed by atoms with van der Waals surface area (Å²) in [4.78, 5) is 11.6. The van der Waals surface area contributed by atoms with Gasteiger partial charge in [-0.15, -0.1) is 0 Å². The zero-order valence-corrected chi connectivity index (χ0v) is 12.4. The Morgan fingerprint density at radius 3 is 2.41 bits per heavy atom. The number of rotatable bonds is 4. The first-order valence-electron chi connectivity index (χ1n) is 6.01. The Morgan fingerprint density at radius 2 is 1.88 bits per heavy atom. The normalized spacial score (nSPS) is 13.2. The van der Waals surface area contributed by atoms with Crippen molar-refractivity contribution in [3.63, 3.8) is 0 Å². The van der Waals surface area contributed by atoms with Crippen molar-refractivity contribution >= 4 is 14.0 Å². The summed E-state index contributed by atoms with van der Waals surface area (Å²) in [6.45, 7) is 8.93. The van der Waals surface area contributed by atoms with Crippen LogP contribution in [0.15, 0.2) is 24.3 Å². The van der Waals surface area contributed by atoms with Crippen molar-refractivity contribution < 1.29 is 9.53 Å². The molecule has 1 aromatic carbocycles. The molecule has 2 nitrogen and oxygen atoms in total. The molecule has 0 bridgehead atoms. The van der Waals surface area contributed by atoms with Crippen molar-refractivity contribution in [2.75, 3.05) is 7.11 Å². The highest BCUT2D eigenvalue weighted by atomic mass is 28.3. The average Bonchev–Trinajstić information content (AvgIpc) is 2.25. The van der Waals surface area contributed by atoms with Gasteiger partial charge in [0, 0.05) is 8.07 Å². The summed E-state index contributed by atoms with van der Waals surface area (Å²) in [6.07, 6.45) is 0. The summed E-state index contributed by atoms with van der Waals surface area (Å²) in [7, 11) is 0.272. The zero-order valence-electron chi connectivity index (χ0n) is 11.4. The molecule has 0 aliphatic carbocycles. The molecule has 0 radical (unpaired) electrons. The van der Waals surface area contributed by atoms with E-state index in [0.717, 1.165) is 11.6 Å². The first kappa shape index (κ1) is 14.0. The summed E-state index contributed by atoms with van der Waals surface area (Å²) < 4.78 is 4.82. The molecule has 0 saturated heterocycles. The molecule has 0 amide bonds. The first-order valence-corrected chi connectivity index (χ1v) is 9.71. The Kier molecular flexibility index (Phi) is 4.51. The molecule has 1 unspecified atom stereocenters. The minimum absolute atomic E-state index is 0.159. The van der Waals surface area contributed by atoms with Crippen molar-refractivity contribution in [3.8, 4) is 0 Å². The number of hydrogen-bond donors (Lipinski definition) is 0. The Morgan fingerprint density at radius 1 is 1.29 bits per heavy atom. The van der Waals surface area contributed by atoms with Gasteiger partial charge in [0.05, 0.1) is 13.0 Å². The third-order valence-corrected chi connectivity index (χ3v) is 4.24. The lowest BCUT2D eigenvalue weighted by molar-refractivity contribution is -0.142. The minimum Gasteiger partial charge on any atom is -0.469 e. The van der Waals surface area contributed by atoms with Crippen LogP contribution in [0.5, 0.6) is 0 Å². The second-order valence-corrected chi connectivity index (χ2v) is 11.2. The third-order valence-electron chi connectivity index (χ3n) is 2.80. The fourth-order valence-electron chi connectivity index (χ4n) is 1.99. The van der Waals surface area contributed by atoms with E-state index < -0.39 is 8.07 Å². The van der Waals surface area contributed by atoms with Crippen molar-refractivity contribution in [3.05, 3.63) is 35.4 Å². The van der Waals surface area contributed by atoms with Crippen LogP contribution in [0.1, 0.15) is 24.0 Å². The molecular weight excluding hydrogens is 228 g/mol. The molecule has 3 heteroatoms. The van der Waals surface area contributed by atoms with E-state index in [0.29, 0.717) is 0 Å². The van der Waals surface area contributed by atoms with E-state index in [1.807, 2.05) is 25.1 Å². The number of carbonyl (C=O) groups is 1. The predicted octanol–water partition coefficient (Wildman–Crippen LogP) is 3.38. The van der Waals surface area contributed by atoms with Gasteiger partial charge in [-0.05, 0) is 24.1 Å². The van der Waals surface area contributed by atoms with Gasteiger partial charge in [0.1, 0.15) is 0 Å². The summed E-state index contributed by atoms with van der Waals surface area (Å²) in [5.41, 5.74) is 2.41. The molecule has 0 spiro atoms. The highest BCUT2D eigenvalue weighted by molar-refractivity contribution is 6.75. The fraction of sp³-hybridized carbons (Fsp3) is 0.500. The average molecular weight is 250 g/mol. The van der Waals surface area contributed by atoms with Crippen LogP contribution in [0, 0.1) is 0 Å². The van der Waals surface area contributed by atoms with Gasteiger partial charge in [0.2, 0.25) is 0 Å². The van der Waals surface area contributed by atoms with E-state index in [-0.39, 0.29) is 11.9 Å². The van der Waals surface area contributed by atoms with Gasteiger partial charge in [-0.25, -0.2) is 0 Å². The first-order chi connectivity index (χ1) is 7.85. The van der Waals surface area contributed by atoms with E-state index in [4.69, 9.17) is 4.74 Å². The SMILES string of the molecule is COC(=O)C(C)c1ccccc1C[Si](C)(C)C. The summed E-state index contributed by atoms with van der Waals surface area (Å²) in [5, 5.41) is 0. The van der Waals surface area contributed by atoms with E-state index >= 15 is 0 Å². The molecule has 0 aromatic heterocycles. The van der Waals surface area contributed by atoms with Gasteiger partial charge in [-0.2, -0.15) is 0 Å². The van der Waals surface area contributed by atoms with Gasteiger partial charge in [-0.3, -0.25) is 4.79 Å². The number of ether oxygens (including phenoxy) is 1. The molecule has 1 aromatic rings. The fourth-order valence-corrected chi connectivity index (χ4v) is 3.46. The van der Waals surface area contributed by atoms with E-state index in [1.54, 1.807) is 0 Å². The van der Waals surface area contributed by atoms with Crippen LogP contribution in [-0.2, 0) is 15.6 Å². The minimum atomic E-state index is -1.17. The van der Waals surface area contributed by atoms with E-state index in [9.17, 15) is 4.79 Å². The van der Waals surface area contributed by atoms with Gasteiger partial charge >= 0.3 is 5.97 Å². The summed E-state index contributed by atoms with van der Waals surface area (Å²) in [6, 6.07) is 9.31. The lowest BCUT2D eigenvalue weighted by atomic mass is 9.97. The quantitative estimate of drug-likeness (QED) is 0.605. The second-order valence-electron chi connectivity index (χ2n) is 5.68. The zero-order chi connectivity index (χ0) is 13.1. The number of carbonyl (C=O) groups excluding carboxylic acids is 1. The molecule has 0 aliphatic heterocycles. The second kappa shape index (κ2) is 5.49. The van der Waals surface area contributed by atoms with Crippen LogP contribution in [0.3, 0.4) is 0 Å². The van der Waals surface area contributed by atoms with Crippen molar-refractivity contribution in [2.45, 2.75) is 38.5 Å². The number of methoxy groups -OCH3 is 1. The standard InChI is InChI=1S/C14H22O2Si/c1-11(14(15)16-2)13-9-7-6-8-12(13)10-17(3,4)5/h6-9,11H,10H2,1-5H3. The van der Waals surface area contributed by atoms with E-state index in [1.165, 1.54) is 12.7 Å². The van der Waals surface area contributed by atoms with Crippen molar-refractivity contribution in [2.24, 2.45) is 0 Å². The Labute approximate surface area is 105 Å². The van der Waals surface area contributed by atoms with Crippen LogP contribution in [0.2, 0.25) is 19.6 Å². The molecule has 94 valence electrons. The van der Waals surface area contributed by atoms with Crippen molar-refractivity contribution in [1.29, 1.82) is 0 Å². The highest BCUT2D eigenvalue weighted by Crippen LogP contribution is 2.24. The molecule has 0 saturated carbocycles. The Bertz CT molecular complexity index is 393. The molecule has 0 fully saturated rings.